The van der Waals surface area contributed by atoms with Gasteiger partial charge in [0.25, 0.3) is 0 Å². The first-order valence-corrected chi connectivity index (χ1v) is 7.65. The van der Waals surface area contributed by atoms with Gasteiger partial charge in [0.2, 0.25) is 5.91 Å². The molecule has 0 aliphatic rings. The van der Waals surface area contributed by atoms with Gasteiger partial charge in [-0.15, -0.1) is 11.8 Å². The van der Waals surface area contributed by atoms with Crippen LogP contribution in [0.25, 0.3) is 0 Å². The number of benzene rings is 2. The number of carbonyl (C=O) groups excluding carboxylic acids is 1. The molecule has 5 heteroatoms. The Bertz CT molecular complexity index is 558. The molecule has 21 heavy (non-hydrogen) atoms. The fourth-order valence-electron chi connectivity index (χ4n) is 1.64. The van der Waals surface area contributed by atoms with Crippen molar-refractivity contribution < 1.29 is 9.53 Å². The first-order valence-electron chi connectivity index (χ1n) is 6.67. The molecule has 0 radical (unpaired) electrons. The van der Waals surface area contributed by atoms with Gasteiger partial charge >= 0.3 is 0 Å². The molecule has 0 spiro atoms. The van der Waals surface area contributed by atoms with Crippen molar-refractivity contribution in [2.75, 3.05) is 24.6 Å². The number of anilines is 1. The average molecular weight is 302 g/mol. The van der Waals surface area contributed by atoms with Gasteiger partial charge in [-0.25, -0.2) is 0 Å². The van der Waals surface area contributed by atoms with Gasteiger partial charge in [0.05, 0.1) is 12.3 Å². The summed E-state index contributed by atoms with van der Waals surface area (Å²) in [5.41, 5.74) is 6.29. The molecular formula is C16H18N2O2S. The second kappa shape index (κ2) is 8.21. The summed E-state index contributed by atoms with van der Waals surface area (Å²) in [6.07, 6.45) is 0. The van der Waals surface area contributed by atoms with E-state index in [1.54, 1.807) is 12.1 Å². The van der Waals surface area contributed by atoms with Gasteiger partial charge in [0.1, 0.15) is 12.4 Å². The van der Waals surface area contributed by atoms with Crippen LogP contribution in [0.5, 0.6) is 5.75 Å². The summed E-state index contributed by atoms with van der Waals surface area (Å²) in [6, 6.07) is 17.0. The standard InChI is InChI=1S/C16H18N2O2S/c17-13-6-8-14(9-7-13)20-11-10-18-16(19)12-21-15-4-2-1-3-5-15/h1-9H,10-12,17H2,(H,18,19). The van der Waals surface area contributed by atoms with Crippen LogP contribution in [0.15, 0.2) is 59.5 Å². The van der Waals surface area contributed by atoms with E-state index in [-0.39, 0.29) is 5.91 Å². The highest BCUT2D eigenvalue weighted by Gasteiger charge is 2.02. The molecule has 0 saturated heterocycles. The van der Waals surface area contributed by atoms with Crippen molar-refractivity contribution in [2.45, 2.75) is 4.90 Å². The van der Waals surface area contributed by atoms with Crippen molar-refractivity contribution in [1.82, 2.24) is 5.32 Å². The van der Waals surface area contributed by atoms with Crippen LogP contribution >= 0.6 is 11.8 Å². The lowest BCUT2D eigenvalue weighted by atomic mass is 10.3. The first kappa shape index (κ1) is 15.3. The maximum Gasteiger partial charge on any atom is 0.230 e. The largest absolute Gasteiger partial charge is 0.492 e. The zero-order valence-corrected chi connectivity index (χ0v) is 12.4. The minimum atomic E-state index is 0.00441. The quantitative estimate of drug-likeness (QED) is 0.469. The Labute approximate surface area is 128 Å². The van der Waals surface area contributed by atoms with Gasteiger partial charge in [-0.05, 0) is 36.4 Å². The third-order valence-electron chi connectivity index (χ3n) is 2.69. The van der Waals surface area contributed by atoms with Gasteiger partial charge in [-0.2, -0.15) is 0 Å². The highest BCUT2D eigenvalue weighted by Crippen LogP contribution is 2.16. The van der Waals surface area contributed by atoms with Gasteiger partial charge in [0, 0.05) is 10.6 Å². The van der Waals surface area contributed by atoms with Crippen LogP contribution in [0.1, 0.15) is 0 Å². The molecule has 0 unspecified atom stereocenters. The molecule has 0 aliphatic heterocycles. The monoisotopic (exact) mass is 302 g/mol. The summed E-state index contributed by atoms with van der Waals surface area (Å²) in [4.78, 5) is 12.8. The molecule has 0 saturated carbocycles. The summed E-state index contributed by atoms with van der Waals surface area (Å²) < 4.78 is 5.50. The van der Waals surface area contributed by atoms with Crippen LogP contribution < -0.4 is 15.8 Å². The lowest BCUT2D eigenvalue weighted by Gasteiger charge is -2.08. The van der Waals surface area contributed by atoms with Gasteiger partial charge in [0.15, 0.2) is 0 Å². The second-order valence-electron chi connectivity index (χ2n) is 4.37. The zero-order valence-electron chi connectivity index (χ0n) is 11.6. The third-order valence-corrected chi connectivity index (χ3v) is 3.70. The van der Waals surface area contributed by atoms with Crippen LogP contribution in [0.2, 0.25) is 0 Å². The van der Waals surface area contributed by atoms with Gasteiger partial charge in [-0.1, -0.05) is 18.2 Å². The fourth-order valence-corrected chi connectivity index (χ4v) is 2.39. The lowest BCUT2D eigenvalue weighted by Crippen LogP contribution is -2.29. The maximum absolute atomic E-state index is 11.7. The molecule has 4 nitrogen and oxygen atoms in total. The van der Waals surface area contributed by atoms with E-state index in [0.717, 1.165) is 10.6 Å². The topological polar surface area (TPSA) is 64.3 Å². The molecule has 0 fully saturated rings. The minimum absolute atomic E-state index is 0.00441. The Morgan fingerprint density at radius 3 is 2.52 bits per heavy atom. The highest BCUT2D eigenvalue weighted by atomic mass is 32.2. The second-order valence-corrected chi connectivity index (χ2v) is 5.42. The maximum atomic E-state index is 11.7. The molecule has 2 aromatic rings. The molecule has 0 heterocycles. The Balaban J connectivity index is 1.60. The molecule has 3 N–H and O–H groups in total. The molecule has 0 aromatic heterocycles. The Hall–Kier alpha value is -2.14. The Morgan fingerprint density at radius 1 is 1.10 bits per heavy atom. The van der Waals surface area contributed by atoms with E-state index < -0.39 is 0 Å². The van der Waals surface area contributed by atoms with E-state index in [2.05, 4.69) is 5.32 Å². The molecule has 2 aromatic carbocycles. The van der Waals surface area contributed by atoms with Crippen LogP contribution in [0, 0.1) is 0 Å². The number of carbonyl (C=O) groups is 1. The van der Waals surface area contributed by atoms with Crippen molar-refractivity contribution in [1.29, 1.82) is 0 Å². The number of amides is 1. The van der Waals surface area contributed by atoms with Crippen LogP contribution in [-0.4, -0.2) is 24.8 Å². The minimum Gasteiger partial charge on any atom is -0.492 e. The molecule has 0 aliphatic carbocycles. The Kier molecular flexibility index (Phi) is 5.97. The number of hydrogen-bond donors (Lipinski definition) is 2. The molecule has 1 amide bonds. The third kappa shape index (κ3) is 5.79. The fraction of sp³-hybridized carbons (Fsp3) is 0.188. The predicted molar refractivity (Wildman–Crippen MR) is 86.5 cm³/mol. The first-order chi connectivity index (χ1) is 10.2. The lowest BCUT2D eigenvalue weighted by molar-refractivity contribution is -0.118. The zero-order chi connectivity index (χ0) is 14.9. The van der Waals surface area contributed by atoms with E-state index in [1.807, 2.05) is 42.5 Å². The Morgan fingerprint density at radius 2 is 1.81 bits per heavy atom. The van der Waals surface area contributed by atoms with E-state index in [9.17, 15) is 4.79 Å². The summed E-state index contributed by atoms with van der Waals surface area (Å²) in [5.74, 6) is 1.16. The van der Waals surface area contributed by atoms with E-state index in [4.69, 9.17) is 10.5 Å². The van der Waals surface area contributed by atoms with E-state index >= 15 is 0 Å². The van der Waals surface area contributed by atoms with Crippen molar-refractivity contribution in [3.8, 4) is 5.75 Å². The van der Waals surface area contributed by atoms with Gasteiger partial charge in [-0.3, -0.25) is 4.79 Å². The number of ether oxygens (including phenoxy) is 1. The molecule has 110 valence electrons. The number of rotatable bonds is 7. The van der Waals surface area contributed by atoms with Crippen LogP contribution in [0.4, 0.5) is 5.69 Å². The van der Waals surface area contributed by atoms with E-state index in [0.29, 0.717) is 24.6 Å². The number of hydrogen-bond acceptors (Lipinski definition) is 4. The van der Waals surface area contributed by atoms with Crippen LogP contribution in [0.3, 0.4) is 0 Å². The summed E-state index contributed by atoms with van der Waals surface area (Å²) in [7, 11) is 0. The average Bonchev–Trinajstić information content (AvgIpc) is 2.52. The molecule has 0 bridgehead atoms. The summed E-state index contributed by atoms with van der Waals surface area (Å²) in [5, 5.41) is 2.83. The summed E-state index contributed by atoms with van der Waals surface area (Å²) >= 11 is 1.52. The van der Waals surface area contributed by atoms with Crippen LogP contribution in [-0.2, 0) is 4.79 Å². The van der Waals surface area contributed by atoms with Crippen molar-refractivity contribution >= 4 is 23.4 Å². The molecule has 0 atom stereocenters. The van der Waals surface area contributed by atoms with Gasteiger partial charge < -0.3 is 15.8 Å². The smallest absolute Gasteiger partial charge is 0.230 e. The molecule has 2 rings (SSSR count). The number of nitrogens with two attached hydrogens (primary N) is 1. The summed E-state index contributed by atoms with van der Waals surface area (Å²) in [6.45, 7) is 0.921. The normalized spacial score (nSPS) is 10.1. The number of thioether (sulfide) groups is 1. The van der Waals surface area contributed by atoms with E-state index in [1.165, 1.54) is 11.8 Å². The van der Waals surface area contributed by atoms with Crippen molar-refractivity contribution in [3.05, 3.63) is 54.6 Å². The number of nitrogen functional groups attached to an aromatic ring is 1. The van der Waals surface area contributed by atoms with Crippen molar-refractivity contribution in [3.63, 3.8) is 0 Å². The highest BCUT2D eigenvalue weighted by molar-refractivity contribution is 8.00. The predicted octanol–water partition coefficient (Wildman–Crippen LogP) is 2.56. The van der Waals surface area contributed by atoms with Crippen molar-refractivity contribution in [2.24, 2.45) is 0 Å². The SMILES string of the molecule is Nc1ccc(OCCNC(=O)CSc2ccccc2)cc1. The molecular weight excluding hydrogens is 284 g/mol. The number of nitrogens with one attached hydrogen (secondary N) is 1.